The van der Waals surface area contributed by atoms with Crippen molar-refractivity contribution in [3.63, 3.8) is 0 Å². The number of nitrogens with zero attached hydrogens (tertiary/aromatic N) is 3. The summed E-state index contributed by atoms with van der Waals surface area (Å²) in [6.07, 6.45) is 2.61. The molecule has 0 fully saturated rings. The van der Waals surface area contributed by atoms with E-state index in [4.69, 9.17) is 17.3 Å². The van der Waals surface area contributed by atoms with Crippen LogP contribution in [0, 0.1) is 0 Å². The number of aromatic nitrogens is 2. The first-order chi connectivity index (χ1) is 7.54. The Hall–Kier alpha value is -1.69. The first kappa shape index (κ1) is 12.4. The van der Waals surface area contributed by atoms with Gasteiger partial charge in [-0.05, 0) is 6.92 Å². The number of hydrogen-bond donors (Lipinski definition) is 1. The number of nitrogens with two attached hydrogens (primary N) is 1. The van der Waals surface area contributed by atoms with Crippen molar-refractivity contribution in [2.45, 2.75) is 6.92 Å². The van der Waals surface area contributed by atoms with E-state index >= 15 is 0 Å². The lowest BCUT2D eigenvalue weighted by molar-refractivity contribution is -0.118. The SMILES string of the molecule is CCN(CC(N)=O)C(=O)c1cncc(Cl)n1. The molecule has 1 aromatic heterocycles. The van der Waals surface area contributed by atoms with Crippen LogP contribution in [0.1, 0.15) is 17.4 Å². The number of carbonyl (C=O) groups excluding carboxylic acids is 2. The van der Waals surface area contributed by atoms with Gasteiger partial charge < -0.3 is 10.6 Å². The highest BCUT2D eigenvalue weighted by Gasteiger charge is 2.17. The molecule has 0 bridgehead atoms. The van der Waals surface area contributed by atoms with Gasteiger partial charge in [0.05, 0.1) is 18.9 Å². The molecule has 1 heterocycles. The van der Waals surface area contributed by atoms with E-state index in [9.17, 15) is 9.59 Å². The number of hydrogen-bond acceptors (Lipinski definition) is 4. The maximum atomic E-state index is 11.8. The lowest BCUT2D eigenvalue weighted by Gasteiger charge is -2.18. The van der Waals surface area contributed by atoms with Gasteiger partial charge in [0, 0.05) is 6.54 Å². The normalized spacial score (nSPS) is 9.88. The van der Waals surface area contributed by atoms with Crippen LogP contribution >= 0.6 is 11.6 Å². The number of rotatable bonds is 4. The highest BCUT2D eigenvalue weighted by atomic mass is 35.5. The zero-order valence-electron chi connectivity index (χ0n) is 8.68. The van der Waals surface area contributed by atoms with Crippen molar-refractivity contribution in [3.8, 4) is 0 Å². The average molecular weight is 243 g/mol. The second-order valence-electron chi connectivity index (χ2n) is 3.01. The van der Waals surface area contributed by atoms with Gasteiger partial charge >= 0.3 is 0 Å². The van der Waals surface area contributed by atoms with E-state index in [0.29, 0.717) is 6.54 Å². The van der Waals surface area contributed by atoms with Crippen molar-refractivity contribution in [1.82, 2.24) is 14.9 Å². The second kappa shape index (κ2) is 5.41. The van der Waals surface area contributed by atoms with Gasteiger partial charge in [-0.2, -0.15) is 0 Å². The Kier molecular flexibility index (Phi) is 4.19. The lowest BCUT2D eigenvalue weighted by Crippen LogP contribution is -2.38. The predicted octanol–water partition coefficient (Wildman–Crippen LogP) is 0.0774. The van der Waals surface area contributed by atoms with E-state index in [0.717, 1.165) is 0 Å². The van der Waals surface area contributed by atoms with Gasteiger partial charge in [0.1, 0.15) is 10.8 Å². The Morgan fingerprint density at radius 3 is 2.69 bits per heavy atom. The molecular formula is C9H11ClN4O2. The number of likely N-dealkylation sites (N-methyl/N-ethyl adjacent to an activating group) is 1. The number of carbonyl (C=O) groups is 2. The molecule has 16 heavy (non-hydrogen) atoms. The van der Waals surface area contributed by atoms with Crippen molar-refractivity contribution in [2.24, 2.45) is 5.73 Å². The summed E-state index contributed by atoms with van der Waals surface area (Å²) in [5, 5.41) is 0.126. The largest absolute Gasteiger partial charge is 0.368 e. The Bertz CT molecular complexity index is 410. The molecule has 6 nitrogen and oxygen atoms in total. The molecule has 0 saturated carbocycles. The van der Waals surface area contributed by atoms with Crippen LogP contribution in [0.5, 0.6) is 0 Å². The molecular weight excluding hydrogens is 232 g/mol. The van der Waals surface area contributed by atoms with Gasteiger partial charge in [0.15, 0.2) is 0 Å². The summed E-state index contributed by atoms with van der Waals surface area (Å²) in [5.41, 5.74) is 5.11. The third kappa shape index (κ3) is 3.16. The van der Waals surface area contributed by atoms with Gasteiger partial charge in [-0.25, -0.2) is 4.98 Å². The molecule has 0 atom stereocenters. The quantitative estimate of drug-likeness (QED) is 0.810. The van der Waals surface area contributed by atoms with Gasteiger partial charge in [0.2, 0.25) is 5.91 Å². The van der Waals surface area contributed by atoms with E-state index in [1.165, 1.54) is 17.3 Å². The minimum atomic E-state index is -0.579. The van der Waals surface area contributed by atoms with Crippen LogP contribution in [0.2, 0.25) is 5.15 Å². The molecule has 0 unspecified atom stereocenters. The van der Waals surface area contributed by atoms with Crippen molar-refractivity contribution >= 4 is 23.4 Å². The zero-order chi connectivity index (χ0) is 12.1. The van der Waals surface area contributed by atoms with E-state index in [2.05, 4.69) is 9.97 Å². The molecule has 0 aliphatic rings. The van der Waals surface area contributed by atoms with Crippen molar-refractivity contribution < 1.29 is 9.59 Å². The lowest BCUT2D eigenvalue weighted by atomic mass is 10.3. The van der Waals surface area contributed by atoms with Crippen molar-refractivity contribution in [1.29, 1.82) is 0 Å². The third-order valence-corrected chi connectivity index (χ3v) is 2.02. The van der Waals surface area contributed by atoms with Crippen LogP contribution < -0.4 is 5.73 Å². The minimum Gasteiger partial charge on any atom is -0.368 e. The summed E-state index contributed by atoms with van der Waals surface area (Å²) in [6.45, 7) is 1.94. The molecule has 2 N–H and O–H groups in total. The molecule has 7 heteroatoms. The number of halogens is 1. The first-order valence-electron chi connectivity index (χ1n) is 4.59. The Morgan fingerprint density at radius 2 is 2.19 bits per heavy atom. The Labute approximate surface area is 97.4 Å². The highest BCUT2D eigenvalue weighted by molar-refractivity contribution is 6.29. The first-order valence-corrected chi connectivity index (χ1v) is 4.97. The van der Waals surface area contributed by atoms with Crippen LogP contribution in [0.3, 0.4) is 0 Å². The molecule has 0 radical (unpaired) electrons. The summed E-state index contributed by atoms with van der Waals surface area (Å²) in [7, 11) is 0. The minimum absolute atomic E-state index is 0.0931. The molecule has 86 valence electrons. The fourth-order valence-electron chi connectivity index (χ4n) is 1.12. The van der Waals surface area contributed by atoms with Crippen LogP contribution in [0.4, 0.5) is 0 Å². The Morgan fingerprint density at radius 1 is 1.50 bits per heavy atom. The number of primary amides is 1. The van der Waals surface area contributed by atoms with Gasteiger partial charge in [-0.3, -0.25) is 14.6 Å². The Balaban J connectivity index is 2.86. The fraction of sp³-hybridized carbons (Fsp3) is 0.333. The third-order valence-electron chi connectivity index (χ3n) is 1.84. The van der Waals surface area contributed by atoms with Crippen molar-refractivity contribution in [3.05, 3.63) is 23.2 Å². The van der Waals surface area contributed by atoms with E-state index < -0.39 is 11.8 Å². The monoisotopic (exact) mass is 242 g/mol. The molecule has 0 spiro atoms. The topological polar surface area (TPSA) is 89.2 Å². The summed E-state index contributed by atoms with van der Waals surface area (Å²) in [5.74, 6) is -0.999. The maximum absolute atomic E-state index is 11.8. The van der Waals surface area contributed by atoms with Crippen LogP contribution in [0.15, 0.2) is 12.4 Å². The van der Waals surface area contributed by atoms with Crippen LogP contribution in [0.25, 0.3) is 0 Å². The molecule has 1 aromatic rings. The second-order valence-corrected chi connectivity index (χ2v) is 3.40. The van der Waals surface area contributed by atoms with Crippen LogP contribution in [-0.2, 0) is 4.79 Å². The molecule has 0 aliphatic carbocycles. The van der Waals surface area contributed by atoms with Crippen LogP contribution in [-0.4, -0.2) is 39.8 Å². The summed E-state index contributed by atoms with van der Waals surface area (Å²) in [4.78, 5) is 31.4. The summed E-state index contributed by atoms with van der Waals surface area (Å²) >= 11 is 5.61. The van der Waals surface area contributed by atoms with Gasteiger partial charge in [-0.1, -0.05) is 11.6 Å². The number of amides is 2. The molecule has 0 aromatic carbocycles. The summed E-state index contributed by atoms with van der Waals surface area (Å²) in [6, 6.07) is 0. The van der Waals surface area contributed by atoms with E-state index in [1.54, 1.807) is 6.92 Å². The highest BCUT2D eigenvalue weighted by Crippen LogP contribution is 2.05. The molecule has 1 rings (SSSR count). The fourth-order valence-corrected chi connectivity index (χ4v) is 1.27. The van der Waals surface area contributed by atoms with E-state index in [-0.39, 0.29) is 17.4 Å². The van der Waals surface area contributed by atoms with Gasteiger partial charge in [-0.15, -0.1) is 0 Å². The zero-order valence-corrected chi connectivity index (χ0v) is 9.44. The average Bonchev–Trinajstić information content (AvgIpc) is 2.24. The van der Waals surface area contributed by atoms with Crippen molar-refractivity contribution in [2.75, 3.05) is 13.1 Å². The maximum Gasteiger partial charge on any atom is 0.274 e. The summed E-state index contributed by atoms with van der Waals surface area (Å²) < 4.78 is 0. The molecule has 0 saturated heterocycles. The molecule has 2 amide bonds. The van der Waals surface area contributed by atoms with Gasteiger partial charge in [0.25, 0.3) is 5.91 Å². The molecule has 0 aliphatic heterocycles. The smallest absolute Gasteiger partial charge is 0.274 e. The van der Waals surface area contributed by atoms with E-state index in [1.807, 2.05) is 0 Å². The predicted molar refractivity (Wildman–Crippen MR) is 57.8 cm³/mol. The standard InChI is InChI=1S/C9H11ClN4O2/c1-2-14(5-8(11)15)9(16)6-3-12-4-7(10)13-6/h3-4H,2,5H2,1H3,(H2,11,15).